The summed E-state index contributed by atoms with van der Waals surface area (Å²) in [4.78, 5) is 39.1. The van der Waals surface area contributed by atoms with Gasteiger partial charge in [-0.25, -0.2) is 14.8 Å². The molecule has 0 unspecified atom stereocenters. The SMILES string of the molecule is CC(C)(C)[Si](C)(C)OC[C@@H]1C[C@@H](n2ccc3c(N(C(=O)c4ccccc4)[C@H]4CCc5ccccc54)ncnc32)C[C@@H]1OC(=O)c1ccccc1. The van der Waals surface area contributed by atoms with Crippen molar-refractivity contribution in [3.63, 3.8) is 0 Å². The Morgan fingerprint density at radius 1 is 0.880 bits per heavy atom. The zero-order valence-corrected chi connectivity index (χ0v) is 30.6. The molecule has 0 bridgehead atoms. The lowest BCUT2D eigenvalue weighted by molar-refractivity contribution is 0.0136. The van der Waals surface area contributed by atoms with Crippen molar-refractivity contribution in [2.24, 2.45) is 5.92 Å². The minimum absolute atomic E-state index is 0.0160. The monoisotopic (exact) mass is 686 g/mol. The maximum absolute atomic E-state index is 14.4. The van der Waals surface area contributed by atoms with Crippen LogP contribution in [0.15, 0.2) is 104 Å². The second-order valence-corrected chi connectivity index (χ2v) is 20.0. The van der Waals surface area contributed by atoms with Gasteiger partial charge in [0.2, 0.25) is 0 Å². The van der Waals surface area contributed by atoms with Gasteiger partial charge in [0.25, 0.3) is 5.91 Å². The summed E-state index contributed by atoms with van der Waals surface area (Å²) in [6.45, 7) is 11.8. The molecule has 4 atom stereocenters. The molecule has 2 heterocycles. The van der Waals surface area contributed by atoms with Crippen molar-refractivity contribution in [1.29, 1.82) is 0 Å². The Balaban J connectivity index is 1.23. The normalized spacial score (nSPS) is 20.5. The van der Waals surface area contributed by atoms with Gasteiger partial charge in [-0.15, -0.1) is 0 Å². The molecule has 50 heavy (non-hydrogen) atoms. The highest BCUT2D eigenvalue weighted by Gasteiger charge is 2.43. The topological polar surface area (TPSA) is 86.6 Å². The molecule has 258 valence electrons. The third-order valence-corrected chi connectivity index (χ3v) is 15.6. The van der Waals surface area contributed by atoms with Gasteiger partial charge in [0.1, 0.15) is 23.9 Å². The maximum Gasteiger partial charge on any atom is 0.338 e. The van der Waals surface area contributed by atoms with Gasteiger partial charge in [-0.2, -0.15) is 0 Å². The van der Waals surface area contributed by atoms with E-state index < -0.39 is 8.32 Å². The minimum atomic E-state index is -2.04. The average molecular weight is 687 g/mol. The number of aromatic nitrogens is 3. The number of carbonyl (C=O) groups excluding carboxylic acids is 2. The smallest absolute Gasteiger partial charge is 0.338 e. The molecule has 0 radical (unpaired) electrons. The van der Waals surface area contributed by atoms with Crippen LogP contribution in [0.2, 0.25) is 18.1 Å². The van der Waals surface area contributed by atoms with Crippen LogP contribution in [-0.2, 0) is 15.6 Å². The highest BCUT2D eigenvalue weighted by Crippen LogP contribution is 2.44. The van der Waals surface area contributed by atoms with Gasteiger partial charge in [0.15, 0.2) is 8.32 Å². The van der Waals surface area contributed by atoms with E-state index in [9.17, 15) is 9.59 Å². The first-order chi connectivity index (χ1) is 24.0. The first-order valence-corrected chi connectivity index (χ1v) is 20.6. The van der Waals surface area contributed by atoms with Gasteiger partial charge in [-0.05, 0) is 78.9 Å². The Labute approximate surface area is 295 Å². The summed E-state index contributed by atoms with van der Waals surface area (Å²) < 4.78 is 15.1. The van der Waals surface area contributed by atoms with Gasteiger partial charge in [-0.1, -0.05) is 81.4 Å². The Bertz CT molecular complexity index is 1990. The van der Waals surface area contributed by atoms with Gasteiger partial charge >= 0.3 is 5.97 Å². The first-order valence-electron chi connectivity index (χ1n) is 17.7. The van der Waals surface area contributed by atoms with E-state index >= 15 is 0 Å². The van der Waals surface area contributed by atoms with Crippen LogP contribution in [0.4, 0.5) is 5.82 Å². The van der Waals surface area contributed by atoms with E-state index in [1.54, 1.807) is 18.5 Å². The molecule has 2 aliphatic carbocycles. The number of benzene rings is 3. The second kappa shape index (κ2) is 13.6. The second-order valence-electron chi connectivity index (χ2n) is 15.2. The van der Waals surface area contributed by atoms with Crippen molar-refractivity contribution >= 4 is 37.0 Å². The van der Waals surface area contributed by atoms with Crippen molar-refractivity contribution in [2.45, 2.75) is 82.8 Å². The number of anilines is 1. The molecule has 8 nitrogen and oxygen atoms in total. The number of ether oxygens (including phenoxy) is 1. The third kappa shape index (κ3) is 6.52. The maximum atomic E-state index is 14.4. The summed E-state index contributed by atoms with van der Waals surface area (Å²) in [6.07, 6.45) is 6.43. The molecule has 1 fully saturated rings. The van der Waals surface area contributed by atoms with Crippen LogP contribution in [0.3, 0.4) is 0 Å². The van der Waals surface area contributed by atoms with Gasteiger partial charge < -0.3 is 13.7 Å². The molecule has 0 spiro atoms. The quantitative estimate of drug-likeness (QED) is 0.114. The first kappa shape index (κ1) is 33.9. The van der Waals surface area contributed by atoms with Crippen LogP contribution in [0.25, 0.3) is 11.0 Å². The number of hydrogen-bond acceptors (Lipinski definition) is 6. The minimum Gasteiger partial charge on any atom is -0.458 e. The van der Waals surface area contributed by atoms with E-state index in [2.05, 4.69) is 62.8 Å². The molecule has 3 aromatic carbocycles. The zero-order valence-electron chi connectivity index (χ0n) is 29.6. The Hall–Kier alpha value is -4.60. The highest BCUT2D eigenvalue weighted by atomic mass is 28.4. The van der Waals surface area contributed by atoms with Crippen molar-refractivity contribution < 1.29 is 18.8 Å². The number of esters is 1. The lowest BCUT2D eigenvalue weighted by Crippen LogP contribution is -2.42. The van der Waals surface area contributed by atoms with E-state index in [4.69, 9.17) is 19.1 Å². The van der Waals surface area contributed by atoms with Gasteiger partial charge in [0, 0.05) is 36.7 Å². The predicted octanol–water partition coefficient (Wildman–Crippen LogP) is 8.96. The molecular weight excluding hydrogens is 641 g/mol. The molecule has 0 saturated heterocycles. The zero-order chi connectivity index (χ0) is 35.0. The van der Waals surface area contributed by atoms with E-state index in [0.717, 1.165) is 35.9 Å². The van der Waals surface area contributed by atoms with Crippen molar-refractivity contribution in [3.8, 4) is 0 Å². The number of nitrogens with zero attached hydrogens (tertiary/aromatic N) is 4. The molecular formula is C41H46N4O4Si. The van der Waals surface area contributed by atoms with Crippen LogP contribution in [0, 0.1) is 5.92 Å². The van der Waals surface area contributed by atoms with Crippen LogP contribution in [0.1, 0.15) is 84.0 Å². The molecule has 0 aliphatic heterocycles. The predicted molar refractivity (Wildman–Crippen MR) is 199 cm³/mol. The molecule has 2 aromatic heterocycles. The van der Waals surface area contributed by atoms with Crippen molar-refractivity contribution in [1.82, 2.24) is 14.5 Å². The van der Waals surface area contributed by atoms with Gasteiger partial charge in [0.05, 0.1) is 17.0 Å². The van der Waals surface area contributed by atoms with Crippen LogP contribution >= 0.6 is 0 Å². The summed E-state index contributed by atoms with van der Waals surface area (Å²) in [6, 6.07) is 28.9. The van der Waals surface area contributed by atoms with Crippen LogP contribution < -0.4 is 4.90 Å². The lowest BCUT2D eigenvalue weighted by atomic mass is 10.0. The largest absolute Gasteiger partial charge is 0.458 e. The number of carbonyl (C=O) groups is 2. The van der Waals surface area contributed by atoms with Crippen LogP contribution in [0.5, 0.6) is 0 Å². The van der Waals surface area contributed by atoms with Crippen molar-refractivity contribution in [2.75, 3.05) is 11.5 Å². The number of hydrogen-bond donors (Lipinski definition) is 0. The van der Waals surface area contributed by atoms with E-state index in [-0.39, 0.29) is 41.0 Å². The highest BCUT2D eigenvalue weighted by molar-refractivity contribution is 6.74. The summed E-state index contributed by atoms with van der Waals surface area (Å²) >= 11 is 0. The van der Waals surface area contributed by atoms with E-state index in [0.29, 0.717) is 30.0 Å². The molecule has 2 aliphatic rings. The van der Waals surface area contributed by atoms with Gasteiger partial charge in [-0.3, -0.25) is 9.69 Å². The van der Waals surface area contributed by atoms with E-state index in [1.165, 1.54) is 5.56 Å². The Morgan fingerprint density at radius 2 is 1.56 bits per heavy atom. The number of rotatable bonds is 9. The summed E-state index contributed by atoms with van der Waals surface area (Å²) in [5, 5.41) is 0.883. The standard InChI is InChI=1S/C41H46N4O4Si/c1-41(2,3)50(4,5)48-26-31-24-32(25-36(31)49-40(47)30-17-10-7-11-18-30)44-23-22-34-37(44)42-27-43-38(34)45(39(46)29-15-8-6-9-16-29)35-21-20-28-14-12-13-19-33(28)35/h6-19,22-23,27,31-32,35-36H,20-21,24-26H2,1-5H3/t31-,32+,35-,36-/m0/s1. The molecule has 5 aromatic rings. The molecule has 1 amide bonds. The summed E-state index contributed by atoms with van der Waals surface area (Å²) in [7, 11) is -2.04. The fourth-order valence-electron chi connectivity index (χ4n) is 7.27. The number of aryl methyl sites for hydroxylation is 1. The fourth-order valence-corrected chi connectivity index (χ4v) is 8.33. The average Bonchev–Trinajstić information content (AvgIpc) is 3.85. The summed E-state index contributed by atoms with van der Waals surface area (Å²) in [5.41, 5.74) is 4.34. The van der Waals surface area contributed by atoms with Crippen molar-refractivity contribution in [3.05, 3.63) is 126 Å². The summed E-state index contributed by atoms with van der Waals surface area (Å²) in [5.74, 6) is 0.220. The number of fused-ring (bicyclic) bond motifs is 2. The molecule has 0 N–H and O–H groups in total. The fraction of sp³-hybridized carbons (Fsp3) is 0.366. The van der Waals surface area contributed by atoms with E-state index in [1.807, 2.05) is 65.6 Å². The molecule has 7 rings (SSSR count). The van der Waals surface area contributed by atoms with Crippen LogP contribution in [-0.4, -0.2) is 47.4 Å². The molecule has 9 heteroatoms. The Morgan fingerprint density at radius 3 is 2.28 bits per heavy atom. The lowest BCUT2D eigenvalue weighted by Gasteiger charge is -2.37. The third-order valence-electron chi connectivity index (χ3n) is 11.1. The number of amides is 1. The molecule has 1 saturated carbocycles. The Kier molecular flexibility index (Phi) is 9.22.